The number of benzene rings is 1. The fraction of sp³-hybridized carbons (Fsp3) is 0.500. The Balaban J connectivity index is 1.83. The lowest BCUT2D eigenvalue weighted by atomic mass is 10.1. The van der Waals surface area contributed by atoms with Crippen LogP contribution in [0.1, 0.15) is 31.2 Å². The Kier molecular flexibility index (Phi) is 5.76. The van der Waals surface area contributed by atoms with Crippen molar-refractivity contribution in [2.45, 2.75) is 32.2 Å². The average molecular weight is 260 g/mol. The largest absolute Gasteiger partial charge is 0.493 e. The van der Waals surface area contributed by atoms with E-state index in [1.165, 1.54) is 37.9 Å². The standard InChI is InChI=1S/C16H24N2O/c17-9-2-5-12-19-16-8-6-7-15(13-16)14-18-10-3-1-4-11-18/h2,6-9,13H,1,3-5,10-12,14,17H2/b9-2-. The molecule has 2 rings (SSSR count). The average Bonchev–Trinajstić information content (AvgIpc) is 2.45. The maximum Gasteiger partial charge on any atom is 0.119 e. The van der Waals surface area contributed by atoms with E-state index in [-0.39, 0.29) is 0 Å². The van der Waals surface area contributed by atoms with Gasteiger partial charge in [-0.25, -0.2) is 0 Å². The van der Waals surface area contributed by atoms with Gasteiger partial charge in [0, 0.05) is 13.0 Å². The molecule has 0 saturated carbocycles. The minimum absolute atomic E-state index is 0.681. The van der Waals surface area contributed by atoms with Crippen LogP contribution in [-0.2, 0) is 6.54 Å². The molecule has 1 saturated heterocycles. The zero-order valence-electron chi connectivity index (χ0n) is 11.6. The number of ether oxygens (including phenoxy) is 1. The summed E-state index contributed by atoms with van der Waals surface area (Å²) in [4.78, 5) is 2.53. The number of rotatable bonds is 6. The third kappa shape index (κ3) is 4.95. The first kappa shape index (κ1) is 13.9. The van der Waals surface area contributed by atoms with Crippen LogP contribution in [0.3, 0.4) is 0 Å². The molecule has 0 aliphatic carbocycles. The molecule has 0 aromatic heterocycles. The van der Waals surface area contributed by atoms with Crippen molar-refractivity contribution in [1.82, 2.24) is 4.90 Å². The molecular formula is C16H24N2O. The van der Waals surface area contributed by atoms with Gasteiger partial charge in [0.15, 0.2) is 0 Å². The predicted molar refractivity (Wildman–Crippen MR) is 79.0 cm³/mol. The number of hydrogen-bond donors (Lipinski definition) is 1. The van der Waals surface area contributed by atoms with Gasteiger partial charge in [0.1, 0.15) is 5.75 Å². The van der Waals surface area contributed by atoms with Crippen molar-refractivity contribution >= 4 is 0 Å². The van der Waals surface area contributed by atoms with Crippen molar-refractivity contribution < 1.29 is 4.74 Å². The van der Waals surface area contributed by atoms with Gasteiger partial charge in [-0.3, -0.25) is 4.90 Å². The van der Waals surface area contributed by atoms with E-state index in [4.69, 9.17) is 10.5 Å². The van der Waals surface area contributed by atoms with E-state index in [0.717, 1.165) is 18.7 Å². The highest BCUT2D eigenvalue weighted by molar-refractivity contribution is 5.28. The maximum absolute atomic E-state index is 5.71. The van der Waals surface area contributed by atoms with E-state index in [1.54, 1.807) is 6.20 Å². The molecule has 1 aliphatic rings. The van der Waals surface area contributed by atoms with Gasteiger partial charge in [0.25, 0.3) is 0 Å². The van der Waals surface area contributed by atoms with E-state index in [9.17, 15) is 0 Å². The van der Waals surface area contributed by atoms with Crippen LogP contribution in [0.15, 0.2) is 36.5 Å². The molecule has 1 aromatic carbocycles. The van der Waals surface area contributed by atoms with E-state index in [2.05, 4.69) is 23.1 Å². The fourth-order valence-electron chi connectivity index (χ4n) is 2.45. The van der Waals surface area contributed by atoms with Crippen molar-refractivity contribution in [2.24, 2.45) is 5.73 Å². The van der Waals surface area contributed by atoms with Gasteiger partial charge < -0.3 is 10.5 Å². The lowest BCUT2D eigenvalue weighted by Gasteiger charge is -2.26. The van der Waals surface area contributed by atoms with Crippen LogP contribution < -0.4 is 10.5 Å². The Morgan fingerprint density at radius 3 is 2.84 bits per heavy atom. The van der Waals surface area contributed by atoms with Crippen molar-refractivity contribution in [2.75, 3.05) is 19.7 Å². The summed E-state index contributed by atoms with van der Waals surface area (Å²) >= 11 is 0. The first-order valence-electron chi connectivity index (χ1n) is 7.19. The van der Waals surface area contributed by atoms with Crippen molar-refractivity contribution in [1.29, 1.82) is 0 Å². The molecule has 2 N–H and O–H groups in total. The molecule has 3 nitrogen and oxygen atoms in total. The summed E-state index contributed by atoms with van der Waals surface area (Å²) in [6, 6.07) is 8.43. The zero-order chi connectivity index (χ0) is 13.3. The number of hydrogen-bond acceptors (Lipinski definition) is 3. The van der Waals surface area contributed by atoms with Crippen LogP contribution in [0.5, 0.6) is 5.75 Å². The van der Waals surface area contributed by atoms with Crippen molar-refractivity contribution in [3.8, 4) is 5.75 Å². The van der Waals surface area contributed by atoms with E-state index >= 15 is 0 Å². The van der Waals surface area contributed by atoms with Crippen LogP contribution in [0, 0.1) is 0 Å². The number of piperidine rings is 1. The first-order valence-corrected chi connectivity index (χ1v) is 7.19. The summed E-state index contributed by atoms with van der Waals surface area (Å²) in [6.45, 7) is 4.18. The predicted octanol–water partition coefficient (Wildman–Crippen LogP) is 2.91. The summed E-state index contributed by atoms with van der Waals surface area (Å²) in [6.07, 6.45) is 8.39. The molecule has 0 radical (unpaired) electrons. The molecule has 1 aromatic rings. The Morgan fingerprint density at radius 1 is 1.21 bits per heavy atom. The number of likely N-dealkylation sites (tertiary alicyclic amines) is 1. The molecule has 19 heavy (non-hydrogen) atoms. The summed E-state index contributed by atoms with van der Waals surface area (Å²) in [5.74, 6) is 0.958. The smallest absolute Gasteiger partial charge is 0.119 e. The van der Waals surface area contributed by atoms with Crippen LogP contribution in [0.4, 0.5) is 0 Å². The lowest BCUT2D eigenvalue weighted by Crippen LogP contribution is -2.29. The summed E-state index contributed by atoms with van der Waals surface area (Å²) in [5.41, 5.74) is 6.64. The Labute approximate surface area is 116 Å². The highest BCUT2D eigenvalue weighted by atomic mass is 16.5. The fourth-order valence-corrected chi connectivity index (χ4v) is 2.45. The van der Waals surface area contributed by atoms with E-state index in [0.29, 0.717) is 6.61 Å². The third-order valence-electron chi connectivity index (χ3n) is 3.44. The second kappa shape index (κ2) is 7.85. The minimum atomic E-state index is 0.681. The van der Waals surface area contributed by atoms with Gasteiger partial charge in [0.05, 0.1) is 6.61 Å². The molecule has 1 heterocycles. The van der Waals surface area contributed by atoms with Crippen LogP contribution in [0.25, 0.3) is 0 Å². The van der Waals surface area contributed by atoms with Gasteiger partial charge in [-0.15, -0.1) is 0 Å². The molecule has 0 amide bonds. The topological polar surface area (TPSA) is 38.5 Å². The van der Waals surface area contributed by atoms with Crippen molar-refractivity contribution in [3.63, 3.8) is 0 Å². The normalized spacial score (nSPS) is 16.8. The summed E-state index contributed by atoms with van der Waals surface area (Å²) in [5, 5.41) is 0. The second-order valence-corrected chi connectivity index (χ2v) is 5.05. The SMILES string of the molecule is N/C=C\CCOc1cccc(CN2CCCCC2)c1. The van der Waals surface area contributed by atoms with Crippen molar-refractivity contribution in [3.05, 3.63) is 42.1 Å². The molecule has 1 aliphatic heterocycles. The van der Waals surface area contributed by atoms with Gasteiger partial charge in [-0.1, -0.05) is 24.6 Å². The van der Waals surface area contributed by atoms with Crippen LogP contribution in [-0.4, -0.2) is 24.6 Å². The van der Waals surface area contributed by atoms with Crippen LogP contribution in [0.2, 0.25) is 0 Å². The summed E-state index contributed by atoms with van der Waals surface area (Å²) in [7, 11) is 0. The zero-order valence-corrected chi connectivity index (χ0v) is 11.6. The minimum Gasteiger partial charge on any atom is -0.493 e. The molecule has 0 spiro atoms. The second-order valence-electron chi connectivity index (χ2n) is 5.05. The van der Waals surface area contributed by atoms with Gasteiger partial charge in [-0.05, 0) is 49.8 Å². The Hall–Kier alpha value is -1.48. The molecule has 104 valence electrons. The highest BCUT2D eigenvalue weighted by Crippen LogP contribution is 2.17. The number of nitrogens with zero attached hydrogens (tertiary/aromatic N) is 1. The molecular weight excluding hydrogens is 236 g/mol. The monoisotopic (exact) mass is 260 g/mol. The maximum atomic E-state index is 5.71. The molecule has 0 atom stereocenters. The van der Waals surface area contributed by atoms with E-state index in [1.807, 2.05) is 12.1 Å². The Bertz CT molecular complexity index is 397. The number of nitrogens with two attached hydrogens (primary N) is 1. The molecule has 3 heteroatoms. The van der Waals surface area contributed by atoms with E-state index < -0.39 is 0 Å². The van der Waals surface area contributed by atoms with Crippen LogP contribution >= 0.6 is 0 Å². The lowest BCUT2D eigenvalue weighted by molar-refractivity contribution is 0.220. The third-order valence-corrected chi connectivity index (χ3v) is 3.44. The molecule has 0 bridgehead atoms. The van der Waals surface area contributed by atoms with Gasteiger partial charge in [0.2, 0.25) is 0 Å². The Morgan fingerprint density at radius 2 is 2.05 bits per heavy atom. The van der Waals surface area contributed by atoms with Gasteiger partial charge in [-0.2, -0.15) is 0 Å². The highest BCUT2D eigenvalue weighted by Gasteiger charge is 2.10. The quantitative estimate of drug-likeness (QED) is 0.799. The first-order chi connectivity index (χ1) is 9.38. The molecule has 0 unspecified atom stereocenters. The molecule has 1 fully saturated rings. The van der Waals surface area contributed by atoms with Gasteiger partial charge >= 0.3 is 0 Å². The summed E-state index contributed by atoms with van der Waals surface area (Å²) < 4.78 is 5.71.